The summed E-state index contributed by atoms with van der Waals surface area (Å²) in [7, 11) is -0.0240. The number of ketones is 1. The van der Waals surface area contributed by atoms with Gasteiger partial charge >= 0.3 is 5.97 Å². The van der Waals surface area contributed by atoms with Crippen LogP contribution >= 0.6 is 0 Å². The number of esters is 1. The number of anilines is 1. The summed E-state index contributed by atoms with van der Waals surface area (Å²) < 4.78 is 36.2. The molecule has 0 saturated heterocycles. The molecule has 0 aliphatic heterocycles. The van der Waals surface area contributed by atoms with Crippen molar-refractivity contribution in [2.45, 2.75) is 17.7 Å². The summed E-state index contributed by atoms with van der Waals surface area (Å²) in [6, 6.07) is 22.2. The standard InChI is InChI=1S/C34H31N5O6S/c1-37-20-28(30(40)16-13-23-9-11-24(19-35)12-10-23)27-18-26(14-15-29(27)37)39(21-32(41)38(2)22-33(42)45-3)46(43,44)31-8-4-6-25-7-5-17-36-34(25)31/h4-12,14-15,17-18,20H,13,16,21-22H2,1-3H3. The number of ether oxygens (including phenoxy) is 1. The summed E-state index contributed by atoms with van der Waals surface area (Å²) in [4.78, 5) is 44.0. The maximum Gasteiger partial charge on any atom is 0.325 e. The number of carbonyl (C=O) groups is 3. The number of methoxy groups -OCH3 is 1. The largest absolute Gasteiger partial charge is 0.468 e. The van der Waals surface area contributed by atoms with E-state index in [-0.39, 0.29) is 34.8 Å². The third-order valence-corrected chi connectivity index (χ3v) is 9.55. The monoisotopic (exact) mass is 637 g/mol. The molecule has 0 radical (unpaired) electrons. The van der Waals surface area contributed by atoms with E-state index in [9.17, 15) is 22.8 Å². The molecule has 0 N–H and O–H groups in total. The average Bonchev–Trinajstić information content (AvgIpc) is 3.40. The fourth-order valence-electron chi connectivity index (χ4n) is 5.20. The van der Waals surface area contributed by atoms with Crippen molar-refractivity contribution in [3.05, 3.63) is 102 Å². The lowest BCUT2D eigenvalue weighted by molar-refractivity contribution is -0.145. The summed E-state index contributed by atoms with van der Waals surface area (Å²) in [5.41, 5.74) is 2.95. The molecule has 2 heterocycles. The number of Topliss-reactive ketones (excluding diaryl/α,β-unsaturated/α-hetero) is 1. The Hall–Kier alpha value is -5.54. The molecular formula is C34H31N5O6S. The number of amides is 1. The molecule has 5 rings (SSSR count). The van der Waals surface area contributed by atoms with E-state index in [1.165, 1.54) is 26.4 Å². The van der Waals surface area contributed by atoms with Crippen molar-refractivity contribution in [1.29, 1.82) is 5.26 Å². The van der Waals surface area contributed by atoms with E-state index in [2.05, 4.69) is 15.8 Å². The number of hydrogen-bond acceptors (Lipinski definition) is 8. The lowest BCUT2D eigenvalue weighted by atomic mass is 10.0. The maximum atomic E-state index is 14.4. The number of para-hydroxylation sites is 1. The SMILES string of the molecule is COC(=O)CN(C)C(=O)CN(c1ccc2c(c1)c(C(=O)CCc1ccc(C#N)cc1)cn2C)S(=O)(=O)c1cccc2cccnc12. The van der Waals surface area contributed by atoms with Crippen LogP contribution < -0.4 is 4.31 Å². The number of fused-ring (bicyclic) bond motifs is 2. The van der Waals surface area contributed by atoms with E-state index < -0.39 is 28.4 Å². The Morgan fingerprint density at radius 3 is 2.46 bits per heavy atom. The number of aromatic nitrogens is 2. The fourth-order valence-corrected chi connectivity index (χ4v) is 6.78. The Morgan fingerprint density at radius 1 is 1.00 bits per heavy atom. The number of carbonyl (C=O) groups excluding carboxylic acids is 3. The zero-order valence-electron chi connectivity index (χ0n) is 25.5. The van der Waals surface area contributed by atoms with Crippen LogP contribution in [-0.4, -0.2) is 67.8 Å². The van der Waals surface area contributed by atoms with Gasteiger partial charge in [-0.3, -0.25) is 23.7 Å². The number of rotatable bonds is 11. The fraction of sp³-hybridized carbons (Fsp3) is 0.206. The Kier molecular flexibility index (Phi) is 9.16. The van der Waals surface area contributed by atoms with Crippen LogP contribution in [-0.2, 0) is 37.8 Å². The van der Waals surface area contributed by atoms with Crippen LogP contribution in [0.4, 0.5) is 5.69 Å². The third kappa shape index (κ3) is 6.45. The molecule has 12 heteroatoms. The van der Waals surface area contributed by atoms with Gasteiger partial charge in [0.25, 0.3) is 10.0 Å². The highest BCUT2D eigenvalue weighted by atomic mass is 32.2. The second kappa shape index (κ2) is 13.2. The van der Waals surface area contributed by atoms with Gasteiger partial charge < -0.3 is 14.2 Å². The van der Waals surface area contributed by atoms with Crippen LogP contribution in [0.2, 0.25) is 0 Å². The van der Waals surface area contributed by atoms with Crippen LogP contribution in [0.1, 0.15) is 27.9 Å². The molecule has 2 aromatic heterocycles. The van der Waals surface area contributed by atoms with Crippen LogP contribution in [0.25, 0.3) is 21.8 Å². The van der Waals surface area contributed by atoms with Gasteiger partial charge in [-0.2, -0.15) is 5.26 Å². The molecule has 0 saturated carbocycles. The molecule has 0 aliphatic rings. The van der Waals surface area contributed by atoms with Gasteiger partial charge in [0.2, 0.25) is 5.91 Å². The summed E-state index contributed by atoms with van der Waals surface area (Å²) in [6.45, 7) is -0.992. The molecule has 3 aromatic carbocycles. The minimum atomic E-state index is -4.40. The molecule has 234 valence electrons. The molecule has 46 heavy (non-hydrogen) atoms. The number of benzene rings is 3. The van der Waals surface area contributed by atoms with Crippen molar-refractivity contribution in [3.8, 4) is 6.07 Å². The first-order valence-electron chi connectivity index (χ1n) is 14.3. The second-order valence-electron chi connectivity index (χ2n) is 10.8. The molecule has 1 amide bonds. The van der Waals surface area contributed by atoms with E-state index in [4.69, 9.17) is 5.26 Å². The first-order valence-corrected chi connectivity index (χ1v) is 15.8. The Bertz CT molecular complexity index is 2110. The summed E-state index contributed by atoms with van der Waals surface area (Å²) in [5.74, 6) is -1.44. The van der Waals surface area contributed by atoms with E-state index in [0.717, 1.165) is 14.8 Å². The number of nitriles is 1. The number of likely N-dealkylation sites (N-methyl/N-ethyl adjacent to an activating group) is 1. The number of pyridine rings is 1. The van der Waals surface area contributed by atoms with Gasteiger partial charge in [0.05, 0.1) is 29.9 Å². The molecule has 0 unspecified atom stereocenters. The smallest absolute Gasteiger partial charge is 0.325 e. The normalized spacial score (nSPS) is 11.3. The van der Waals surface area contributed by atoms with Crippen molar-refractivity contribution < 1.29 is 27.5 Å². The van der Waals surface area contributed by atoms with Crippen molar-refractivity contribution in [3.63, 3.8) is 0 Å². The molecule has 0 atom stereocenters. The predicted molar refractivity (Wildman–Crippen MR) is 173 cm³/mol. The van der Waals surface area contributed by atoms with Crippen molar-refractivity contribution >= 4 is 55.2 Å². The molecule has 0 spiro atoms. The van der Waals surface area contributed by atoms with E-state index in [1.807, 2.05) is 12.1 Å². The molecule has 0 aliphatic carbocycles. The molecular weight excluding hydrogens is 606 g/mol. The van der Waals surface area contributed by atoms with Crippen LogP contribution in [0, 0.1) is 11.3 Å². The molecule has 0 fully saturated rings. The Morgan fingerprint density at radius 2 is 1.74 bits per heavy atom. The first-order chi connectivity index (χ1) is 22.0. The third-order valence-electron chi connectivity index (χ3n) is 7.75. The van der Waals surface area contributed by atoms with Gasteiger partial charge in [-0.1, -0.05) is 30.3 Å². The lowest BCUT2D eigenvalue weighted by Gasteiger charge is -2.27. The topological polar surface area (TPSA) is 143 Å². The number of aryl methyl sites for hydroxylation is 2. The van der Waals surface area contributed by atoms with Gasteiger partial charge in [0.15, 0.2) is 5.78 Å². The quantitative estimate of drug-likeness (QED) is 0.155. The summed E-state index contributed by atoms with van der Waals surface area (Å²) in [5, 5.41) is 10.2. The number of hydrogen-bond donors (Lipinski definition) is 0. The highest BCUT2D eigenvalue weighted by Gasteiger charge is 2.31. The van der Waals surface area contributed by atoms with Crippen LogP contribution in [0.5, 0.6) is 0 Å². The van der Waals surface area contributed by atoms with Crippen molar-refractivity contribution in [2.24, 2.45) is 7.05 Å². The van der Waals surface area contributed by atoms with Crippen molar-refractivity contribution in [1.82, 2.24) is 14.5 Å². The Balaban J connectivity index is 1.56. The highest BCUT2D eigenvalue weighted by Crippen LogP contribution is 2.32. The average molecular weight is 638 g/mol. The van der Waals surface area contributed by atoms with Gasteiger partial charge in [-0.05, 0) is 54.4 Å². The second-order valence-corrected chi connectivity index (χ2v) is 12.6. The zero-order valence-corrected chi connectivity index (χ0v) is 26.3. The van der Waals surface area contributed by atoms with E-state index in [0.29, 0.717) is 33.8 Å². The minimum absolute atomic E-state index is 0.0964. The molecule has 5 aromatic rings. The van der Waals surface area contributed by atoms with Gasteiger partial charge in [-0.25, -0.2) is 8.42 Å². The highest BCUT2D eigenvalue weighted by molar-refractivity contribution is 7.93. The Labute approximate surface area is 266 Å². The van der Waals surface area contributed by atoms with Gasteiger partial charge in [0, 0.05) is 54.8 Å². The number of nitrogens with zero attached hydrogens (tertiary/aromatic N) is 5. The molecule has 0 bridgehead atoms. The predicted octanol–water partition coefficient (Wildman–Crippen LogP) is 4.24. The number of sulfonamides is 1. The van der Waals surface area contributed by atoms with Gasteiger partial charge in [-0.15, -0.1) is 0 Å². The van der Waals surface area contributed by atoms with E-state index >= 15 is 0 Å². The lowest BCUT2D eigenvalue weighted by Crippen LogP contribution is -2.43. The van der Waals surface area contributed by atoms with Crippen LogP contribution in [0.3, 0.4) is 0 Å². The minimum Gasteiger partial charge on any atom is -0.468 e. The summed E-state index contributed by atoms with van der Waals surface area (Å²) >= 11 is 0. The van der Waals surface area contributed by atoms with E-state index in [1.54, 1.807) is 72.4 Å². The van der Waals surface area contributed by atoms with Crippen molar-refractivity contribution in [2.75, 3.05) is 31.6 Å². The van der Waals surface area contributed by atoms with Gasteiger partial charge in [0.1, 0.15) is 18.0 Å². The summed E-state index contributed by atoms with van der Waals surface area (Å²) in [6.07, 6.45) is 3.84. The van der Waals surface area contributed by atoms with Crippen LogP contribution in [0.15, 0.2) is 90.1 Å². The maximum absolute atomic E-state index is 14.4. The molecule has 11 nitrogen and oxygen atoms in total. The first kappa shape index (κ1) is 31.9. The zero-order chi connectivity index (χ0) is 33.0.